The number of hydrogen-bond donors (Lipinski definition) is 2. The van der Waals surface area contributed by atoms with E-state index >= 15 is 0 Å². The number of rotatable bonds is 6. The zero-order valence-electron chi connectivity index (χ0n) is 15.2. The summed E-state index contributed by atoms with van der Waals surface area (Å²) >= 11 is 1.48. The van der Waals surface area contributed by atoms with Gasteiger partial charge in [0, 0.05) is 43.4 Å². The van der Waals surface area contributed by atoms with Crippen LogP contribution in [0.3, 0.4) is 0 Å². The van der Waals surface area contributed by atoms with Gasteiger partial charge in [-0.25, -0.2) is 9.78 Å². The standard InChI is InChI=1S/C17H26N4O4S/c1-11-14(5-7-21(11)17(23)24)15(22)19-16-18-8-13(26-16)9-20-6-3-4-12(20)10-25-2/h8,11-12,14H,3-7,9-10H2,1-2H3,(H,23,24)(H,18,19,22)/t11-,12?,14-/m0/s1. The van der Waals surface area contributed by atoms with Crippen molar-refractivity contribution in [3.05, 3.63) is 11.1 Å². The van der Waals surface area contributed by atoms with Gasteiger partial charge < -0.3 is 20.1 Å². The number of anilines is 1. The van der Waals surface area contributed by atoms with Gasteiger partial charge in [-0.1, -0.05) is 0 Å². The fourth-order valence-electron chi connectivity index (χ4n) is 3.88. The zero-order valence-corrected chi connectivity index (χ0v) is 16.0. The highest BCUT2D eigenvalue weighted by atomic mass is 32.1. The van der Waals surface area contributed by atoms with Crippen molar-refractivity contribution in [1.82, 2.24) is 14.8 Å². The Morgan fingerprint density at radius 1 is 1.42 bits per heavy atom. The van der Waals surface area contributed by atoms with Crippen LogP contribution < -0.4 is 5.32 Å². The minimum atomic E-state index is -0.972. The number of hydrogen-bond acceptors (Lipinski definition) is 6. The molecule has 1 aromatic rings. The van der Waals surface area contributed by atoms with Crippen LogP contribution in [0, 0.1) is 5.92 Å². The molecule has 26 heavy (non-hydrogen) atoms. The number of likely N-dealkylation sites (tertiary alicyclic amines) is 2. The van der Waals surface area contributed by atoms with Crippen LogP contribution in [-0.4, -0.2) is 70.8 Å². The summed E-state index contributed by atoms with van der Waals surface area (Å²) in [7, 11) is 1.73. The summed E-state index contributed by atoms with van der Waals surface area (Å²) in [6.07, 6.45) is 3.71. The average molecular weight is 382 g/mol. The van der Waals surface area contributed by atoms with Crippen molar-refractivity contribution >= 4 is 28.5 Å². The van der Waals surface area contributed by atoms with Crippen LogP contribution in [0.1, 0.15) is 31.1 Å². The van der Waals surface area contributed by atoms with Crippen LogP contribution in [0.15, 0.2) is 6.20 Å². The van der Waals surface area contributed by atoms with Gasteiger partial charge in [-0.05, 0) is 32.7 Å². The van der Waals surface area contributed by atoms with Gasteiger partial charge in [0.05, 0.1) is 12.5 Å². The van der Waals surface area contributed by atoms with E-state index in [2.05, 4.69) is 15.2 Å². The van der Waals surface area contributed by atoms with Crippen molar-refractivity contribution in [3.8, 4) is 0 Å². The molecule has 2 fully saturated rings. The van der Waals surface area contributed by atoms with Crippen LogP contribution in [-0.2, 0) is 16.1 Å². The molecule has 0 saturated carbocycles. The first-order chi connectivity index (χ1) is 12.5. The molecule has 2 aliphatic heterocycles. The van der Waals surface area contributed by atoms with E-state index in [0.29, 0.717) is 24.1 Å². The lowest BCUT2D eigenvalue weighted by molar-refractivity contribution is -0.120. The average Bonchev–Trinajstić information content (AvgIpc) is 3.30. The molecular weight excluding hydrogens is 356 g/mol. The normalized spacial score (nSPS) is 26.4. The maximum atomic E-state index is 12.5. The highest BCUT2D eigenvalue weighted by Crippen LogP contribution is 2.28. The number of carbonyl (C=O) groups excluding carboxylic acids is 1. The molecule has 2 amide bonds. The Labute approximate surface area is 157 Å². The summed E-state index contributed by atoms with van der Waals surface area (Å²) in [5.41, 5.74) is 0. The molecule has 2 saturated heterocycles. The molecule has 9 heteroatoms. The lowest BCUT2D eigenvalue weighted by Gasteiger charge is -2.22. The van der Waals surface area contributed by atoms with Gasteiger partial charge in [0.2, 0.25) is 5.91 Å². The van der Waals surface area contributed by atoms with Crippen LogP contribution >= 0.6 is 11.3 Å². The molecule has 8 nitrogen and oxygen atoms in total. The van der Waals surface area contributed by atoms with E-state index in [1.165, 1.54) is 22.7 Å². The molecule has 0 spiro atoms. The third-order valence-electron chi connectivity index (χ3n) is 5.34. The van der Waals surface area contributed by atoms with E-state index in [-0.39, 0.29) is 17.9 Å². The third kappa shape index (κ3) is 4.16. The lowest BCUT2D eigenvalue weighted by atomic mass is 10.0. The molecule has 0 aromatic carbocycles. The number of carboxylic acid groups (broad SMARTS) is 1. The highest BCUT2D eigenvalue weighted by molar-refractivity contribution is 7.15. The van der Waals surface area contributed by atoms with Crippen molar-refractivity contribution in [2.75, 3.05) is 32.1 Å². The van der Waals surface area contributed by atoms with Crippen LogP contribution in [0.5, 0.6) is 0 Å². The Morgan fingerprint density at radius 3 is 2.92 bits per heavy atom. The first-order valence-corrected chi connectivity index (χ1v) is 9.79. The van der Waals surface area contributed by atoms with Gasteiger partial charge >= 0.3 is 6.09 Å². The summed E-state index contributed by atoms with van der Waals surface area (Å²) in [5, 5.41) is 12.6. The number of methoxy groups -OCH3 is 1. The molecule has 0 radical (unpaired) electrons. The van der Waals surface area contributed by atoms with Gasteiger partial charge in [0.25, 0.3) is 0 Å². The Morgan fingerprint density at radius 2 is 2.23 bits per heavy atom. The van der Waals surface area contributed by atoms with E-state index in [0.717, 1.165) is 31.0 Å². The number of nitrogens with zero attached hydrogens (tertiary/aromatic N) is 3. The van der Waals surface area contributed by atoms with Crippen LogP contribution in [0.25, 0.3) is 0 Å². The molecule has 3 heterocycles. The molecule has 144 valence electrons. The Bertz CT molecular complexity index is 652. The van der Waals surface area contributed by atoms with Crippen molar-refractivity contribution in [3.63, 3.8) is 0 Å². The summed E-state index contributed by atoms with van der Waals surface area (Å²) in [4.78, 5) is 32.8. The molecule has 0 aliphatic carbocycles. The lowest BCUT2D eigenvalue weighted by Crippen LogP contribution is -2.38. The first kappa shape index (κ1) is 19.1. The largest absolute Gasteiger partial charge is 0.465 e. The van der Waals surface area contributed by atoms with Crippen molar-refractivity contribution in [1.29, 1.82) is 0 Å². The van der Waals surface area contributed by atoms with E-state index < -0.39 is 6.09 Å². The summed E-state index contributed by atoms with van der Waals surface area (Å²) in [6, 6.07) is 0.132. The molecule has 2 N–H and O–H groups in total. The number of amides is 2. The highest BCUT2D eigenvalue weighted by Gasteiger charge is 2.38. The fraction of sp³-hybridized carbons (Fsp3) is 0.706. The van der Waals surface area contributed by atoms with Gasteiger partial charge in [-0.15, -0.1) is 11.3 Å². The van der Waals surface area contributed by atoms with Crippen LogP contribution in [0.4, 0.5) is 9.93 Å². The van der Waals surface area contributed by atoms with Crippen molar-refractivity contribution < 1.29 is 19.4 Å². The smallest absolute Gasteiger partial charge is 0.407 e. The van der Waals surface area contributed by atoms with E-state index in [1.54, 1.807) is 14.0 Å². The van der Waals surface area contributed by atoms with Gasteiger partial charge in [0.1, 0.15) is 0 Å². The number of nitrogens with one attached hydrogen (secondary N) is 1. The number of thiazole rings is 1. The summed E-state index contributed by atoms with van der Waals surface area (Å²) in [5.74, 6) is -0.483. The number of ether oxygens (including phenoxy) is 1. The summed E-state index contributed by atoms with van der Waals surface area (Å²) < 4.78 is 5.29. The predicted octanol–water partition coefficient (Wildman–Crippen LogP) is 2.08. The quantitative estimate of drug-likeness (QED) is 0.782. The topological polar surface area (TPSA) is 95.0 Å². The molecule has 2 aliphatic rings. The number of carbonyl (C=O) groups is 2. The Kier molecular flexibility index (Phi) is 6.10. The molecule has 3 rings (SSSR count). The van der Waals surface area contributed by atoms with E-state index in [9.17, 15) is 9.59 Å². The minimum absolute atomic E-state index is 0.152. The molecule has 1 aromatic heterocycles. The third-order valence-corrected chi connectivity index (χ3v) is 6.24. The zero-order chi connectivity index (χ0) is 18.7. The van der Waals surface area contributed by atoms with E-state index in [1.807, 2.05) is 6.20 Å². The monoisotopic (exact) mass is 382 g/mol. The molecule has 0 bridgehead atoms. The summed E-state index contributed by atoms with van der Waals surface area (Å²) in [6.45, 7) is 4.78. The SMILES string of the molecule is COCC1CCCN1Cc1cnc(NC(=O)[C@H]2CCN(C(=O)O)[C@H]2C)s1. The minimum Gasteiger partial charge on any atom is -0.465 e. The van der Waals surface area contributed by atoms with Gasteiger partial charge in [-0.3, -0.25) is 9.69 Å². The molecule has 1 unspecified atom stereocenters. The predicted molar refractivity (Wildman–Crippen MR) is 98.4 cm³/mol. The second kappa shape index (κ2) is 8.32. The fourth-order valence-corrected chi connectivity index (χ4v) is 4.72. The molecule has 3 atom stereocenters. The maximum Gasteiger partial charge on any atom is 0.407 e. The van der Waals surface area contributed by atoms with Crippen molar-refractivity contribution in [2.45, 2.75) is 44.8 Å². The molecular formula is C17H26N4O4S. The van der Waals surface area contributed by atoms with Gasteiger partial charge in [0.15, 0.2) is 5.13 Å². The number of aromatic nitrogens is 1. The maximum absolute atomic E-state index is 12.5. The van der Waals surface area contributed by atoms with Crippen LogP contribution in [0.2, 0.25) is 0 Å². The van der Waals surface area contributed by atoms with Gasteiger partial charge in [-0.2, -0.15) is 0 Å². The first-order valence-electron chi connectivity index (χ1n) is 8.97. The second-order valence-electron chi connectivity index (χ2n) is 6.95. The van der Waals surface area contributed by atoms with E-state index in [4.69, 9.17) is 9.84 Å². The second-order valence-corrected chi connectivity index (χ2v) is 8.07. The van der Waals surface area contributed by atoms with Crippen molar-refractivity contribution in [2.24, 2.45) is 5.92 Å². The Hall–Kier alpha value is -1.71. The Balaban J connectivity index is 1.55.